The van der Waals surface area contributed by atoms with Crippen molar-refractivity contribution in [2.75, 3.05) is 23.4 Å². The van der Waals surface area contributed by atoms with Crippen LogP contribution in [0.3, 0.4) is 0 Å². The summed E-state index contributed by atoms with van der Waals surface area (Å²) >= 11 is 5.84. The molecule has 0 aliphatic carbocycles. The summed E-state index contributed by atoms with van der Waals surface area (Å²) in [5.74, 6) is 0. The lowest BCUT2D eigenvalue weighted by atomic mass is 10.1. The first-order valence-corrected chi connectivity index (χ1v) is 8.16. The summed E-state index contributed by atoms with van der Waals surface area (Å²) in [6.07, 6.45) is 3.33. The minimum atomic E-state index is -0.142. The highest BCUT2D eigenvalue weighted by molar-refractivity contribution is 6.30. The van der Waals surface area contributed by atoms with E-state index in [1.54, 1.807) is 6.21 Å². The molecule has 4 nitrogen and oxygen atoms in total. The van der Waals surface area contributed by atoms with Gasteiger partial charge in [-0.15, -0.1) is 0 Å². The molecule has 5 heteroatoms. The molecule has 0 bridgehead atoms. The van der Waals surface area contributed by atoms with Gasteiger partial charge < -0.3 is 10.0 Å². The molecule has 0 amide bonds. The molecular weight excluding hydrogens is 310 g/mol. The van der Waals surface area contributed by atoms with Crippen LogP contribution in [0.2, 0.25) is 5.02 Å². The van der Waals surface area contributed by atoms with E-state index < -0.39 is 0 Å². The van der Waals surface area contributed by atoms with E-state index in [4.69, 9.17) is 11.6 Å². The van der Waals surface area contributed by atoms with Crippen LogP contribution in [0.4, 0.5) is 11.4 Å². The third-order valence-electron chi connectivity index (χ3n) is 3.97. The van der Waals surface area contributed by atoms with E-state index in [-0.39, 0.29) is 6.10 Å². The summed E-state index contributed by atoms with van der Waals surface area (Å²) in [5, 5.41) is 14.5. The number of nitrogens with one attached hydrogen (secondary N) is 1. The smallest absolute Gasteiger partial charge is 0.0574 e. The molecule has 0 radical (unpaired) electrons. The Bertz CT molecular complexity index is 647. The number of aliphatic hydroxyl groups is 1. The maximum atomic E-state index is 9.57. The summed E-state index contributed by atoms with van der Waals surface area (Å²) in [6.45, 7) is 1.82. The first-order chi connectivity index (χ1) is 11.2. The molecule has 1 aliphatic heterocycles. The topological polar surface area (TPSA) is 47.9 Å². The average molecular weight is 330 g/mol. The number of rotatable bonds is 4. The Kier molecular flexibility index (Phi) is 5.16. The standard InChI is InChI=1S/C18H20ClN3O/c19-15-3-5-16(6-4-15)21-20-13-14-1-7-17(8-2-14)22-11-9-18(23)10-12-22/h1-8,13,18,21,23H,9-12H2. The van der Waals surface area contributed by atoms with Crippen molar-refractivity contribution < 1.29 is 5.11 Å². The van der Waals surface area contributed by atoms with Gasteiger partial charge in [-0.05, 0) is 54.8 Å². The van der Waals surface area contributed by atoms with Gasteiger partial charge in [-0.3, -0.25) is 5.43 Å². The fourth-order valence-corrected chi connectivity index (χ4v) is 2.73. The number of anilines is 2. The summed E-state index contributed by atoms with van der Waals surface area (Å²) in [6, 6.07) is 15.7. The number of aliphatic hydroxyl groups excluding tert-OH is 1. The first-order valence-electron chi connectivity index (χ1n) is 7.78. The molecule has 2 aromatic rings. The van der Waals surface area contributed by atoms with Gasteiger partial charge >= 0.3 is 0 Å². The lowest BCUT2D eigenvalue weighted by Gasteiger charge is -2.31. The van der Waals surface area contributed by atoms with Gasteiger partial charge in [-0.2, -0.15) is 5.10 Å². The molecule has 2 aromatic carbocycles. The lowest BCUT2D eigenvalue weighted by Crippen LogP contribution is -2.35. The van der Waals surface area contributed by atoms with Crippen molar-refractivity contribution in [3.8, 4) is 0 Å². The van der Waals surface area contributed by atoms with Crippen LogP contribution in [0, 0.1) is 0 Å². The predicted octanol–water partition coefficient (Wildman–Crippen LogP) is 3.75. The molecule has 0 saturated carbocycles. The molecule has 2 N–H and O–H groups in total. The Hall–Kier alpha value is -2.04. The van der Waals surface area contributed by atoms with E-state index in [9.17, 15) is 5.11 Å². The van der Waals surface area contributed by atoms with Gasteiger partial charge in [0, 0.05) is 23.8 Å². The van der Waals surface area contributed by atoms with E-state index in [0.29, 0.717) is 5.02 Å². The number of hydrogen-bond acceptors (Lipinski definition) is 4. The fraction of sp³-hybridized carbons (Fsp3) is 0.278. The van der Waals surface area contributed by atoms with Crippen LogP contribution >= 0.6 is 11.6 Å². The molecule has 1 saturated heterocycles. The van der Waals surface area contributed by atoms with Gasteiger partial charge in [0.1, 0.15) is 0 Å². The van der Waals surface area contributed by atoms with E-state index in [0.717, 1.165) is 37.2 Å². The van der Waals surface area contributed by atoms with Crippen molar-refractivity contribution in [3.05, 3.63) is 59.1 Å². The Morgan fingerprint density at radius 1 is 1.04 bits per heavy atom. The second-order valence-corrected chi connectivity index (χ2v) is 6.12. The van der Waals surface area contributed by atoms with E-state index >= 15 is 0 Å². The largest absolute Gasteiger partial charge is 0.393 e. The Morgan fingerprint density at radius 3 is 2.35 bits per heavy atom. The summed E-state index contributed by atoms with van der Waals surface area (Å²) < 4.78 is 0. The Labute approximate surface area is 141 Å². The van der Waals surface area contributed by atoms with Crippen LogP contribution in [0.15, 0.2) is 53.6 Å². The average Bonchev–Trinajstić information content (AvgIpc) is 2.58. The molecule has 0 atom stereocenters. The fourth-order valence-electron chi connectivity index (χ4n) is 2.60. The normalized spacial score (nSPS) is 16.0. The zero-order valence-corrected chi connectivity index (χ0v) is 13.6. The van der Waals surface area contributed by atoms with Gasteiger partial charge in [0.15, 0.2) is 0 Å². The van der Waals surface area contributed by atoms with Gasteiger partial charge in [0.25, 0.3) is 0 Å². The number of benzene rings is 2. The summed E-state index contributed by atoms with van der Waals surface area (Å²) in [7, 11) is 0. The lowest BCUT2D eigenvalue weighted by molar-refractivity contribution is 0.145. The molecule has 1 fully saturated rings. The molecule has 0 unspecified atom stereocenters. The Balaban J connectivity index is 1.56. The highest BCUT2D eigenvalue weighted by Gasteiger charge is 2.16. The highest BCUT2D eigenvalue weighted by Crippen LogP contribution is 2.20. The van der Waals surface area contributed by atoms with Crippen LogP contribution in [0.25, 0.3) is 0 Å². The molecule has 23 heavy (non-hydrogen) atoms. The summed E-state index contributed by atoms with van der Waals surface area (Å²) in [5.41, 5.74) is 6.10. The molecule has 3 rings (SSSR count). The quantitative estimate of drug-likeness (QED) is 0.663. The van der Waals surface area contributed by atoms with Gasteiger partial charge in [-0.1, -0.05) is 23.7 Å². The molecule has 0 aromatic heterocycles. The number of hydrazone groups is 1. The summed E-state index contributed by atoms with van der Waals surface area (Å²) in [4.78, 5) is 2.31. The molecule has 1 heterocycles. The third kappa shape index (κ3) is 4.47. The third-order valence-corrected chi connectivity index (χ3v) is 4.23. The highest BCUT2D eigenvalue weighted by atomic mass is 35.5. The predicted molar refractivity (Wildman–Crippen MR) is 96.6 cm³/mol. The van der Waals surface area contributed by atoms with Crippen LogP contribution in [0.5, 0.6) is 0 Å². The van der Waals surface area contributed by atoms with E-state index in [1.807, 2.05) is 36.4 Å². The second kappa shape index (κ2) is 7.49. The monoisotopic (exact) mass is 329 g/mol. The number of halogens is 1. The minimum absolute atomic E-state index is 0.142. The van der Waals surface area contributed by atoms with Crippen LogP contribution < -0.4 is 10.3 Å². The van der Waals surface area contributed by atoms with Crippen LogP contribution in [-0.2, 0) is 0 Å². The number of hydrogen-bond donors (Lipinski definition) is 2. The molecule has 0 spiro atoms. The number of nitrogens with zero attached hydrogens (tertiary/aromatic N) is 2. The SMILES string of the molecule is OC1CCN(c2ccc(C=NNc3ccc(Cl)cc3)cc2)CC1. The van der Waals surface area contributed by atoms with Crippen LogP contribution in [-0.4, -0.2) is 30.5 Å². The van der Waals surface area contributed by atoms with Crippen molar-refractivity contribution >= 4 is 29.2 Å². The van der Waals surface area contributed by atoms with Gasteiger partial charge in [0.2, 0.25) is 0 Å². The van der Waals surface area contributed by atoms with Crippen molar-refractivity contribution in [3.63, 3.8) is 0 Å². The van der Waals surface area contributed by atoms with Crippen molar-refractivity contribution in [1.82, 2.24) is 0 Å². The second-order valence-electron chi connectivity index (χ2n) is 5.69. The van der Waals surface area contributed by atoms with Crippen LogP contribution in [0.1, 0.15) is 18.4 Å². The van der Waals surface area contributed by atoms with E-state index in [1.165, 1.54) is 5.69 Å². The minimum Gasteiger partial charge on any atom is -0.393 e. The number of piperidine rings is 1. The zero-order chi connectivity index (χ0) is 16.1. The van der Waals surface area contributed by atoms with Crippen molar-refractivity contribution in [2.24, 2.45) is 5.10 Å². The van der Waals surface area contributed by atoms with Crippen molar-refractivity contribution in [2.45, 2.75) is 18.9 Å². The van der Waals surface area contributed by atoms with Gasteiger partial charge in [-0.25, -0.2) is 0 Å². The maximum absolute atomic E-state index is 9.57. The zero-order valence-electron chi connectivity index (χ0n) is 12.8. The molecular formula is C18H20ClN3O. The van der Waals surface area contributed by atoms with Crippen molar-refractivity contribution in [1.29, 1.82) is 0 Å². The first kappa shape index (κ1) is 15.8. The van der Waals surface area contributed by atoms with E-state index in [2.05, 4.69) is 27.6 Å². The molecule has 120 valence electrons. The molecule has 1 aliphatic rings. The Morgan fingerprint density at radius 2 is 1.70 bits per heavy atom. The van der Waals surface area contributed by atoms with Gasteiger partial charge in [0.05, 0.1) is 18.0 Å². The maximum Gasteiger partial charge on any atom is 0.0574 e.